The smallest absolute Gasteiger partial charge is 0.228 e. The predicted molar refractivity (Wildman–Crippen MR) is 119 cm³/mol. The number of piperidine rings is 1. The van der Waals surface area contributed by atoms with Crippen molar-refractivity contribution in [2.75, 3.05) is 33.3 Å². The van der Waals surface area contributed by atoms with Gasteiger partial charge < -0.3 is 9.64 Å². The molecule has 1 atom stereocenters. The standard InChI is InChI=1S/C26H37N3O2/c1-28-6-4-19(15-31-16-20-3-2-5-27-14-20)13-26(28)17-29(18-26)24(30)25-10-21-7-22(11-25)9-23(8-21)12-25/h2-3,5,14,19,21-23H,4,6-13,15-18H2,1H3/t19-,21?,22?,23?,25?/m0/s1. The lowest BCUT2D eigenvalue weighted by Crippen LogP contribution is -2.74. The number of amides is 1. The van der Waals surface area contributed by atoms with Crippen LogP contribution in [0.5, 0.6) is 0 Å². The van der Waals surface area contributed by atoms with Crippen LogP contribution in [0.1, 0.15) is 56.9 Å². The highest BCUT2D eigenvalue weighted by atomic mass is 16.5. The zero-order valence-electron chi connectivity index (χ0n) is 19.0. The molecule has 1 spiro atoms. The predicted octanol–water partition coefficient (Wildman–Crippen LogP) is 3.74. The van der Waals surface area contributed by atoms with E-state index in [-0.39, 0.29) is 11.0 Å². The first-order valence-electron chi connectivity index (χ1n) is 12.5. The fourth-order valence-electron chi connectivity index (χ4n) is 8.26. The van der Waals surface area contributed by atoms with Gasteiger partial charge in [0.25, 0.3) is 0 Å². The third-order valence-electron chi connectivity index (χ3n) is 9.45. The molecule has 0 aromatic carbocycles. The summed E-state index contributed by atoms with van der Waals surface area (Å²) >= 11 is 0. The SMILES string of the molecule is CN1CC[C@H](COCc2cccnc2)CC12CN(C(=O)C13CC4CC(CC(C4)C1)C3)C2. The van der Waals surface area contributed by atoms with E-state index in [2.05, 4.69) is 27.9 Å². The molecule has 1 aromatic heterocycles. The third-order valence-corrected chi connectivity index (χ3v) is 9.45. The number of hydrogen-bond acceptors (Lipinski definition) is 4. The van der Waals surface area contributed by atoms with Crippen LogP contribution in [-0.2, 0) is 16.1 Å². The van der Waals surface area contributed by atoms with E-state index in [4.69, 9.17) is 4.74 Å². The molecule has 2 saturated heterocycles. The van der Waals surface area contributed by atoms with Gasteiger partial charge in [-0.15, -0.1) is 0 Å². The molecule has 3 heterocycles. The van der Waals surface area contributed by atoms with Crippen LogP contribution < -0.4 is 0 Å². The second-order valence-electron chi connectivity index (χ2n) is 11.7. The molecule has 0 radical (unpaired) electrons. The molecule has 168 valence electrons. The maximum atomic E-state index is 13.7. The summed E-state index contributed by atoms with van der Waals surface area (Å²) in [6, 6.07) is 4.04. The maximum Gasteiger partial charge on any atom is 0.228 e. The Balaban J connectivity index is 1.06. The first kappa shape index (κ1) is 20.2. The minimum atomic E-state index is 0.00975. The monoisotopic (exact) mass is 423 g/mol. The number of carbonyl (C=O) groups is 1. The van der Waals surface area contributed by atoms with Gasteiger partial charge in [0, 0.05) is 32.1 Å². The van der Waals surface area contributed by atoms with Crippen molar-refractivity contribution in [2.24, 2.45) is 29.1 Å². The van der Waals surface area contributed by atoms with Crippen molar-refractivity contribution in [2.45, 2.75) is 63.5 Å². The summed E-state index contributed by atoms with van der Waals surface area (Å²) in [7, 11) is 2.26. The number of hydrogen-bond donors (Lipinski definition) is 0. The van der Waals surface area contributed by atoms with Crippen LogP contribution in [0.2, 0.25) is 0 Å². The van der Waals surface area contributed by atoms with E-state index in [1.807, 2.05) is 12.3 Å². The van der Waals surface area contributed by atoms with E-state index >= 15 is 0 Å². The zero-order chi connectivity index (χ0) is 21.1. The Hall–Kier alpha value is -1.46. The molecule has 31 heavy (non-hydrogen) atoms. The molecule has 4 bridgehead atoms. The van der Waals surface area contributed by atoms with Crippen molar-refractivity contribution >= 4 is 5.91 Å². The lowest BCUT2D eigenvalue weighted by Gasteiger charge is -2.62. The first-order chi connectivity index (χ1) is 15.0. The van der Waals surface area contributed by atoms with Crippen LogP contribution in [0.15, 0.2) is 24.5 Å². The molecule has 2 aliphatic heterocycles. The zero-order valence-corrected chi connectivity index (χ0v) is 19.0. The van der Waals surface area contributed by atoms with E-state index in [9.17, 15) is 4.79 Å². The molecule has 5 heteroatoms. The van der Waals surface area contributed by atoms with Crippen molar-refractivity contribution in [3.63, 3.8) is 0 Å². The number of ether oxygens (including phenoxy) is 1. The van der Waals surface area contributed by atoms with Gasteiger partial charge in [0.1, 0.15) is 0 Å². The largest absolute Gasteiger partial charge is 0.376 e. The normalized spacial score (nSPS) is 38.4. The number of rotatable bonds is 5. The Morgan fingerprint density at radius 1 is 1.13 bits per heavy atom. The summed E-state index contributed by atoms with van der Waals surface area (Å²) in [5.41, 5.74) is 1.33. The molecule has 6 aliphatic rings. The Bertz CT molecular complexity index is 784. The average Bonchev–Trinajstić information content (AvgIpc) is 2.73. The Labute approximate surface area is 186 Å². The van der Waals surface area contributed by atoms with Crippen LogP contribution in [0, 0.1) is 29.1 Å². The van der Waals surface area contributed by atoms with Crippen molar-refractivity contribution < 1.29 is 9.53 Å². The molecule has 4 aliphatic carbocycles. The van der Waals surface area contributed by atoms with E-state index < -0.39 is 0 Å². The van der Waals surface area contributed by atoms with Crippen LogP contribution in [0.3, 0.4) is 0 Å². The van der Waals surface area contributed by atoms with Crippen molar-refractivity contribution in [1.29, 1.82) is 0 Å². The van der Waals surface area contributed by atoms with Crippen LogP contribution in [0.25, 0.3) is 0 Å². The number of likely N-dealkylation sites (tertiary alicyclic amines) is 2. The molecule has 6 fully saturated rings. The van der Waals surface area contributed by atoms with E-state index in [0.29, 0.717) is 18.4 Å². The van der Waals surface area contributed by atoms with Gasteiger partial charge in [0.05, 0.1) is 17.6 Å². The highest BCUT2D eigenvalue weighted by molar-refractivity contribution is 5.84. The maximum absolute atomic E-state index is 13.7. The van der Waals surface area contributed by atoms with Gasteiger partial charge in [-0.2, -0.15) is 0 Å². The topological polar surface area (TPSA) is 45.7 Å². The van der Waals surface area contributed by atoms with Gasteiger partial charge >= 0.3 is 0 Å². The Morgan fingerprint density at radius 3 is 2.48 bits per heavy atom. The van der Waals surface area contributed by atoms with Gasteiger partial charge in [0.2, 0.25) is 5.91 Å². The molecular formula is C26H37N3O2. The molecule has 5 nitrogen and oxygen atoms in total. The molecule has 4 saturated carbocycles. The second kappa shape index (κ2) is 7.55. The van der Waals surface area contributed by atoms with Gasteiger partial charge in [-0.05, 0) is 100 Å². The van der Waals surface area contributed by atoms with E-state index in [0.717, 1.165) is 56.0 Å². The summed E-state index contributed by atoms with van der Waals surface area (Å²) in [6.07, 6.45) is 13.8. The Morgan fingerprint density at radius 2 is 1.84 bits per heavy atom. The lowest BCUT2D eigenvalue weighted by molar-refractivity contribution is -0.175. The molecule has 1 aromatic rings. The number of nitrogens with zero attached hydrogens (tertiary/aromatic N) is 3. The van der Waals surface area contributed by atoms with Gasteiger partial charge in [-0.25, -0.2) is 0 Å². The van der Waals surface area contributed by atoms with Crippen molar-refractivity contribution in [3.05, 3.63) is 30.1 Å². The number of likely N-dealkylation sites (N-methyl/N-ethyl adjacent to an activating group) is 1. The third kappa shape index (κ3) is 3.52. The van der Waals surface area contributed by atoms with Gasteiger partial charge in [0.15, 0.2) is 0 Å². The summed E-state index contributed by atoms with van der Waals surface area (Å²) < 4.78 is 6.06. The molecular weight excluding hydrogens is 386 g/mol. The first-order valence-corrected chi connectivity index (χ1v) is 12.5. The van der Waals surface area contributed by atoms with Crippen LogP contribution in [0.4, 0.5) is 0 Å². The summed E-state index contributed by atoms with van der Waals surface area (Å²) in [4.78, 5) is 22.6. The molecule has 1 amide bonds. The minimum absolute atomic E-state index is 0.00975. The highest BCUT2D eigenvalue weighted by Gasteiger charge is 2.59. The number of aromatic nitrogens is 1. The van der Waals surface area contributed by atoms with Gasteiger partial charge in [-0.1, -0.05) is 6.07 Å². The van der Waals surface area contributed by atoms with Crippen LogP contribution in [-0.4, -0.2) is 59.5 Å². The fourth-order valence-corrected chi connectivity index (χ4v) is 8.26. The average molecular weight is 424 g/mol. The minimum Gasteiger partial charge on any atom is -0.376 e. The molecule has 0 unspecified atom stereocenters. The second-order valence-corrected chi connectivity index (χ2v) is 11.7. The quantitative estimate of drug-likeness (QED) is 0.724. The number of carbonyl (C=O) groups excluding carboxylic acids is 1. The fraction of sp³-hybridized carbons (Fsp3) is 0.769. The Kier molecular flexibility index (Phi) is 4.91. The van der Waals surface area contributed by atoms with E-state index in [1.165, 1.54) is 44.9 Å². The lowest BCUT2D eigenvalue weighted by atomic mass is 9.49. The van der Waals surface area contributed by atoms with E-state index in [1.54, 1.807) is 6.20 Å². The molecule has 7 rings (SSSR count). The number of pyridine rings is 1. The molecule has 0 N–H and O–H groups in total. The highest BCUT2D eigenvalue weighted by Crippen LogP contribution is 2.61. The summed E-state index contributed by atoms with van der Waals surface area (Å²) in [5.74, 6) is 3.61. The van der Waals surface area contributed by atoms with Gasteiger partial charge in [-0.3, -0.25) is 14.7 Å². The summed E-state index contributed by atoms with van der Waals surface area (Å²) in [5, 5.41) is 0. The van der Waals surface area contributed by atoms with Crippen LogP contribution >= 0.6 is 0 Å². The van der Waals surface area contributed by atoms with Crippen molar-refractivity contribution in [1.82, 2.24) is 14.8 Å². The summed E-state index contributed by atoms with van der Waals surface area (Å²) in [6.45, 7) is 4.43. The van der Waals surface area contributed by atoms with Crippen molar-refractivity contribution in [3.8, 4) is 0 Å².